The number of hydrogen-bond acceptors (Lipinski definition) is 4. The fourth-order valence-electron chi connectivity index (χ4n) is 2.58. The van der Waals surface area contributed by atoms with Crippen molar-refractivity contribution in [1.82, 2.24) is 10.2 Å². The summed E-state index contributed by atoms with van der Waals surface area (Å²) in [5.41, 5.74) is 0. The predicted molar refractivity (Wildman–Crippen MR) is 71.2 cm³/mol. The van der Waals surface area contributed by atoms with E-state index in [1.54, 1.807) is 0 Å². The molecule has 2 fully saturated rings. The van der Waals surface area contributed by atoms with Gasteiger partial charge in [0, 0.05) is 25.2 Å². The van der Waals surface area contributed by atoms with Crippen LogP contribution in [-0.2, 0) is 4.74 Å². The van der Waals surface area contributed by atoms with Crippen molar-refractivity contribution < 1.29 is 4.74 Å². The van der Waals surface area contributed by atoms with Gasteiger partial charge in [0.1, 0.15) is 0 Å². The molecule has 1 saturated heterocycles. The van der Waals surface area contributed by atoms with Crippen LogP contribution >= 0.6 is 0 Å². The largest absolute Gasteiger partial charge is 0.376 e. The van der Waals surface area contributed by atoms with E-state index in [1.165, 1.54) is 12.8 Å². The van der Waals surface area contributed by atoms with Crippen LogP contribution < -0.4 is 5.32 Å². The van der Waals surface area contributed by atoms with E-state index in [9.17, 15) is 0 Å². The molecule has 0 radical (unpaired) electrons. The molecule has 1 aliphatic heterocycles. The summed E-state index contributed by atoms with van der Waals surface area (Å²) < 4.78 is 5.70. The van der Waals surface area contributed by atoms with Crippen LogP contribution in [0.15, 0.2) is 0 Å². The Labute approximate surface area is 110 Å². The first-order valence-electron chi connectivity index (χ1n) is 7.24. The first kappa shape index (κ1) is 13.8. The molecule has 1 aliphatic carbocycles. The lowest BCUT2D eigenvalue weighted by molar-refractivity contribution is -0.0563. The van der Waals surface area contributed by atoms with E-state index in [0.717, 1.165) is 32.5 Å². The number of nitrogens with zero attached hydrogens (tertiary/aromatic N) is 2. The number of rotatable bonds is 6. The average molecular weight is 251 g/mol. The second kappa shape index (κ2) is 6.51. The molecule has 0 aromatic carbocycles. The number of ether oxygens (including phenoxy) is 1. The number of nitrogens with one attached hydrogen (secondary N) is 1. The third-order valence-electron chi connectivity index (χ3n) is 3.93. The van der Waals surface area contributed by atoms with Crippen molar-refractivity contribution in [3.63, 3.8) is 0 Å². The molecule has 0 aromatic rings. The van der Waals surface area contributed by atoms with Crippen LogP contribution in [0.1, 0.15) is 39.5 Å². The summed E-state index contributed by atoms with van der Waals surface area (Å²) in [6.07, 6.45) is 4.86. The predicted octanol–water partition coefficient (Wildman–Crippen LogP) is 1.52. The van der Waals surface area contributed by atoms with Crippen molar-refractivity contribution in [3.05, 3.63) is 0 Å². The highest BCUT2D eigenvalue weighted by Gasteiger charge is 2.28. The fraction of sp³-hybridized carbons (Fsp3) is 0.929. The van der Waals surface area contributed by atoms with Gasteiger partial charge in [0.05, 0.1) is 24.8 Å². The monoisotopic (exact) mass is 251 g/mol. The normalized spacial score (nSPS) is 30.9. The van der Waals surface area contributed by atoms with Crippen LogP contribution in [0.3, 0.4) is 0 Å². The minimum atomic E-state index is 0.0214. The van der Waals surface area contributed by atoms with E-state index in [-0.39, 0.29) is 6.04 Å². The van der Waals surface area contributed by atoms with Crippen molar-refractivity contribution in [2.45, 2.75) is 63.8 Å². The number of nitriles is 1. The minimum Gasteiger partial charge on any atom is -0.376 e. The highest BCUT2D eigenvalue weighted by molar-refractivity contribution is 4.96. The van der Waals surface area contributed by atoms with Gasteiger partial charge in [-0.05, 0) is 32.6 Å². The molecule has 0 bridgehead atoms. The van der Waals surface area contributed by atoms with E-state index in [0.29, 0.717) is 18.2 Å². The second-order valence-corrected chi connectivity index (χ2v) is 5.61. The van der Waals surface area contributed by atoms with E-state index >= 15 is 0 Å². The maximum atomic E-state index is 9.15. The summed E-state index contributed by atoms with van der Waals surface area (Å²) in [7, 11) is 0. The molecule has 2 aliphatic rings. The maximum absolute atomic E-state index is 9.15. The quantitative estimate of drug-likeness (QED) is 0.777. The molecule has 2 rings (SSSR count). The fourth-order valence-corrected chi connectivity index (χ4v) is 2.58. The minimum absolute atomic E-state index is 0.0214. The Morgan fingerprint density at radius 2 is 2.28 bits per heavy atom. The Kier molecular flexibility index (Phi) is 4.99. The molecule has 0 spiro atoms. The van der Waals surface area contributed by atoms with Crippen molar-refractivity contribution in [1.29, 1.82) is 5.26 Å². The van der Waals surface area contributed by atoms with Gasteiger partial charge in [0.15, 0.2) is 0 Å². The zero-order valence-electron chi connectivity index (χ0n) is 11.6. The number of hydrogen-bond donors (Lipinski definition) is 1. The lowest BCUT2D eigenvalue weighted by Gasteiger charge is -2.38. The van der Waals surface area contributed by atoms with Crippen molar-refractivity contribution in [2.75, 3.05) is 19.7 Å². The van der Waals surface area contributed by atoms with Crippen molar-refractivity contribution in [3.8, 4) is 6.07 Å². The van der Waals surface area contributed by atoms with Gasteiger partial charge >= 0.3 is 0 Å². The molecule has 4 nitrogen and oxygen atoms in total. The molecule has 18 heavy (non-hydrogen) atoms. The zero-order valence-corrected chi connectivity index (χ0v) is 11.6. The standard InChI is InChI=1S/C14H25N3O/c1-3-14-10-18-11(2)9-17(14)7-6-13(8-15)16-12-4-5-12/h11-14,16H,3-7,9-10H2,1-2H3. The zero-order chi connectivity index (χ0) is 13.0. The molecular formula is C14H25N3O. The summed E-state index contributed by atoms with van der Waals surface area (Å²) >= 11 is 0. The second-order valence-electron chi connectivity index (χ2n) is 5.61. The third kappa shape index (κ3) is 3.94. The lowest BCUT2D eigenvalue weighted by atomic mass is 10.1. The first-order chi connectivity index (χ1) is 8.72. The molecule has 102 valence electrons. The highest BCUT2D eigenvalue weighted by atomic mass is 16.5. The van der Waals surface area contributed by atoms with E-state index in [2.05, 4.69) is 30.1 Å². The van der Waals surface area contributed by atoms with Crippen LogP contribution in [0, 0.1) is 11.3 Å². The molecule has 3 atom stereocenters. The third-order valence-corrected chi connectivity index (χ3v) is 3.93. The highest BCUT2D eigenvalue weighted by Crippen LogP contribution is 2.20. The molecule has 1 heterocycles. The van der Waals surface area contributed by atoms with E-state index in [4.69, 9.17) is 10.00 Å². The molecular weight excluding hydrogens is 226 g/mol. The summed E-state index contributed by atoms with van der Waals surface area (Å²) in [5, 5.41) is 12.6. The van der Waals surface area contributed by atoms with E-state index in [1.807, 2.05) is 0 Å². The van der Waals surface area contributed by atoms with Gasteiger partial charge in [0.2, 0.25) is 0 Å². The number of morpholine rings is 1. The molecule has 1 N–H and O–H groups in total. The Morgan fingerprint density at radius 3 is 2.89 bits per heavy atom. The molecule has 4 heteroatoms. The molecule has 0 amide bonds. The van der Waals surface area contributed by atoms with Crippen molar-refractivity contribution >= 4 is 0 Å². The van der Waals surface area contributed by atoms with Crippen LogP contribution in [0.2, 0.25) is 0 Å². The SMILES string of the molecule is CCC1COC(C)CN1CCC(C#N)NC1CC1. The van der Waals surface area contributed by atoms with Gasteiger partial charge in [-0.2, -0.15) is 5.26 Å². The smallest absolute Gasteiger partial charge is 0.0967 e. The van der Waals surface area contributed by atoms with Gasteiger partial charge in [-0.1, -0.05) is 6.92 Å². The van der Waals surface area contributed by atoms with Crippen molar-refractivity contribution in [2.24, 2.45) is 0 Å². The lowest BCUT2D eigenvalue weighted by Crippen LogP contribution is -2.49. The molecule has 0 aromatic heterocycles. The van der Waals surface area contributed by atoms with Crippen LogP contribution in [0.5, 0.6) is 0 Å². The van der Waals surface area contributed by atoms with Crippen LogP contribution in [-0.4, -0.2) is 48.8 Å². The summed E-state index contributed by atoms with van der Waals surface area (Å²) in [5.74, 6) is 0. The van der Waals surface area contributed by atoms with Gasteiger partial charge in [-0.25, -0.2) is 0 Å². The molecule has 1 saturated carbocycles. The van der Waals surface area contributed by atoms with Gasteiger partial charge in [0.25, 0.3) is 0 Å². The Bertz CT molecular complexity index is 298. The maximum Gasteiger partial charge on any atom is 0.0967 e. The Hall–Kier alpha value is -0.630. The first-order valence-corrected chi connectivity index (χ1v) is 7.24. The summed E-state index contributed by atoms with van der Waals surface area (Å²) in [6, 6.07) is 3.55. The Morgan fingerprint density at radius 1 is 1.50 bits per heavy atom. The molecule has 3 unspecified atom stereocenters. The summed E-state index contributed by atoms with van der Waals surface area (Å²) in [4.78, 5) is 2.49. The van der Waals surface area contributed by atoms with E-state index < -0.39 is 0 Å². The summed E-state index contributed by atoms with van der Waals surface area (Å²) in [6.45, 7) is 7.18. The topological polar surface area (TPSA) is 48.3 Å². The van der Waals surface area contributed by atoms with Crippen LogP contribution in [0.4, 0.5) is 0 Å². The van der Waals surface area contributed by atoms with Gasteiger partial charge in [-0.3, -0.25) is 10.2 Å². The van der Waals surface area contributed by atoms with Gasteiger partial charge in [-0.15, -0.1) is 0 Å². The Balaban J connectivity index is 1.76. The average Bonchev–Trinajstić information content (AvgIpc) is 3.18. The van der Waals surface area contributed by atoms with Gasteiger partial charge < -0.3 is 4.74 Å². The van der Waals surface area contributed by atoms with Crippen LogP contribution in [0.25, 0.3) is 0 Å².